The number of piperazine rings is 1. The first-order chi connectivity index (χ1) is 13.6. The van der Waals surface area contributed by atoms with Crippen LogP contribution in [0.4, 0.5) is 4.39 Å². The summed E-state index contributed by atoms with van der Waals surface area (Å²) in [5, 5.41) is 3.84. The number of hydrogen-bond acceptors (Lipinski definition) is 6. The van der Waals surface area contributed by atoms with Crippen LogP contribution in [-0.4, -0.2) is 71.3 Å². The number of amides is 1. The summed E-state index contributed by atoms with van der Waals surface area (Å²) in [5.41, 5.74) is 0.318. The molecule has 2 fully saturated rings. The molecule has 28 heavy (non-hydrogen) atoms. The summed E-state index contributed by atoms with van der Waals surface area (Å²) in [6.07, 6.45) is 2.55. The molecule has 2 aromatic rings. The van der Waals surface area contributed by atoms with E-state index >= 15 is 0 Å². The van der Waals surface area contributed by atoms with Gasteiger partial charge in [-0.1, -0.05) is 17.3 Å². The molecular formula is C20H25FN4O3. The van der Waals surface area contributed by atoms with Gasteiger partial charge in [-0.15, -0.1) is 0 Å². The Morgan fingerprint density at radius 1 is 1.25 bits per heavy atom. The molecule has 2 aliphatic rings. The van der Waals surface area contributed by atoms with Gasteiger partial charge in [0, 0.05) is 51.2 Å². The van der Waals surface area contributed by atoms with Crippen molar-refractivity contribution in [3.8, 4) is 11.4 Å². The Balaban J connectivity index is 1.36. The lowest BCUT2D eigenvalue weighted by molar-refractivity contribution is -0.139. The average molecular weight is 388 g/mol. The highest BCUT2D eigenvalue weighted by Gasteiger charge is 2.42. The lowest BCUT2D eigenvalue weighted by Crippen LogP contribution is -2.63. The minimum absolute atomic E-state index is 0.0225. The van der Waals surface area contributed by atoms with Crippen LogP contribution in [0.25, 0.3) is 11.4 Å². The van der Waals surface area contributed by atoms with Gasteiger partial charge in [-0.2, -0.15) is 4.98 Å². The molecule has 0 unspecified atom stereocenters. The number of ether oxygens (including phenoxy) is 1. The maximum absolute atomic E-state index is 13.9. The SMILES string of the molecule is CN1CCN(C(=O)CCc2nc(-c3ccccc3F)no2)CC12CCOCC2. The van der Waals surface area contributed by atoms with Crippen molar-refractivity contribution >= 4 is 5.91 Å². The first kappa shape index (κ1) is 19.0. The molecule has 2 aliphatic heterocycles. The summed E-state index contributed by atoms with van der Waals surface area (Å²) in [7, 11) is 2.13. The van der Waals surface area contributed by atoms with E-state index in [9.17, 15) is 9.18 Å². The number of benzene rings is 1. The van der Waals surface area contributed by atoms with E-state index in [0.29, 0.717) is 24.3 Å². The quantitative estimate of drug-likeness (QED) is 0.799. The molecule has 150 valence electrons. The fraction of sp³-hybridized carbons (Fsp3) is 0.550. The molecule has 0 atom stereocenters. The van der Waals surface area contributed by atoms with Gasteiger partial charge in [0.05, 0.1) is 5.56 Å². The summed E-state index contributed by atoms with van der Waals surface area (Å²) in [4.78, 5) is 21.3. The van der Waals surface area contributed by atoms with Crippen LogP contribution < -0.4 is 0 Å². The lowest BCUT2D eigenvalue weighted by atomic mass is 9.86. The molecule has 8 heteroatoms. The average Bonchev–Trinajstić information content (AvgIpc) is 3.18. The number of hydrogen-bond donors (Lipinski definition) is 0. The molecule has 1 aromatic heterocycles. The van der Waals surface area contributed by atoms with Crippen LogP contribution in [0.1, 0.15) is 25.2 Å². The molecule has 1 spiro atoms. The third-order valence-electron chi connectivity index (χ3n) is 5.91. The summed E-state index contributed by atoms with van der Waals surface area (Å²) in [5.74, 6) is 0.248. The number of aromatic nitrogens is 2. The van der Waals surface area contributed by atoms with Crippen LogP contribution in [0.5, 0.6) is 0 Å². The maximum atomic E-state index is 13.9. The largest absolute Gasteiger partial charge is 0.381 e. The standard InChI is InChI=1S/C20H25FN4O3/c1-24-10-11-25(14-20(24)8-12-27-13-9-20)18(26)7-6-17-22-19(23-28-17)15-4-2-3-5-16(15)21/h2-5H,6-14H2,1H3. The second-order valence-electron chi connectivity index (χ2n) is 7.57. The highest BCUT2D eigenvalue weighted by Crippen LogP contribution is 2.31. The Morgan fingerprint density at radius 3 is 2.82 bits per heavy atom. The second kappa shape index (κ2) is 7.97. The smallest absolute Gasteiger partial charge is 0.227 e. The highest BCUT2D eigenvalue weighted by atomic mass is 19.1. The molecule has 1 amide bonds. The van der Waals surface area contributed by atoms with Gasteiger partial charge in [-0.3, -0.25) is 9.69 Å². The van der Waals surface area contributed by atoms with Crippen molar-refractivity contribution < 1.29 is 18.4 Å². The summed E-state index contributed by atoms with van der Waals surface area (Å²) in [6.45, 7) is 3.81. The Hall–Kier alpha value is -2.32. The predicted molar refractivity (Wildman–Crippen MR) is 100 cm³/mol. The number of nitrogens with zero attached hydrogens (tertiary/aromatic N) is 4. The van der Waals surface area contributed by atoms with Gasteiger partial charge < -0.3 is 14.2 Å². The Bertz CT molecular complexity index is 834. The summed E-state index contributed by atoms with van der Waals surface area (Å²) >= 11 is 0. The van der Waals surface area contributed by atoms with E-state index in [4.69, 9.17) is 9.26 Å². The van der Waals surface area contributed by atoms with Crippen molar-refractivity contribution in [1.29, 1.82) is 0 Å². The van der Waals surface area contributed by atoms with Crippen LogP contribution >= 0.6 is 0 Å². The van der Waals surface area contributed by atoms with Crippen LogP contribution in [0.15, 0.2) is 28.8 Å². The van der Waals surface area contributed by atoms with Crippen LogP contribution in [0.2, 0.25) is 0 Å². The fourth-order valence-electron chi connectivity index (χ4n) is 4.05. The van der Waals surface area contributed by atoms with Crippen molar-refractivity contribution in [2.45, 2.75) is 31.2 Å². The van der Waals surface area contributed by atoms with E-state index in [1.165, 1.54) is 6.07 Å². The molecule has 0 bridgehead atoms. The van der Waals surface area contributed by atoms with E-state index < -0.39 is 5.82 Å². The molecule has 3 heterocycles. The minimum Gasteiger partial charge on any atom is -0.381 e. The van der Waals surface area contributed by atoms with Gasteiger partial charge in [-0.05, 0) is 32.0 Å². The Labute approximate surface area is 163 Å². The summed E-state index contributed by atoms with van der Waals surface area (Å²) in [6, 6.07) is 6.29. The lowest BCUT2D eigenvalue weighted by Gasteiger charge is -2.51. The number of rotatable bonds is 4. The first-order valence-corrected chi connectivity index (χ1v) is 9.72. The summed E-state index contributed by atoms with van der Waals surface area (Å²) < 4.78 is 24.6. The van der Waals surface area contributed by atoms with E-state index in [-0.39, 0.29) is 17.3 Å². The molecule has 1 aromatic carbocycles. The number of halogens is 1. The van der Waals surface area contributed by atoms with Crippen molar-refractivity contribution in [3.05, 3.63) is 36.0 Å². The van der Waals surface area contributed by atoms with Crippen molar-refractivity contribution in [3.63, 3.8) is 0 Å². The number of carbonyl (C=O) groups is 1. The zero-order chi connectivity index (χ0) is 19.6. The minimum atomic E-state index is -0.398. The third-order valence-corrected chi connectivity index (χ3v) is 5.91. The molecule has 0 N–H and O–H groups in total. The van der Waals surface area contributed by atoms with Crippen LogP contribution in [0.3, 0.4) is 0 Å². The van der Waals surface area contributed by atoms with Crippen LogP contribution in [0, 0.1) is 5.82 Å². The zero-order valence-electron chi connectivity index (χ0n) is 16.1. The van der Waals surface area contributed by atoms with Crippen molar-refractivity contribution in [2.75, 3.05) is 39.9 Å². The molecule has 2 saturated heterocycles. The van der Waals surface area contributed by atoms with E-state index in [0.717, 1.165) is 45.7 Å². The molecule has 0 radical (unpaired) electrons. The van der Waals surface area contributed by atoms with Gasteiger partial charge in [0.1, 0.15) is 5.82 Å². The Kier molecular flexibility index (Phi) is 5.41. The van der Waals surface area contributed by atoms with Gasteiger partial charge in [-0.25, -0.2) is 4.39 Å². The van der Waals surface area contributed by atoms with Gasteiger partial charge in [0.15, 0.2) is 0 Å². The van der Waals surface area contributed by atoms with Crippen LogP contribution in [-0.2, 0) is 16.0 Å². The topological polar surface area (TPSA) is 71.7 Å². The van der Waals surface area contributed by atoms with Gasteiger partial charge in [0.2, 0.25) is 17.6 Å². The molecule has 7 nitrogen and oxygen atoms in total. The van der Waals surface area contributed by atoms with Gasteiger partial charge in [0.25, 0.3) is 0 Å². The molecule has 0 aliphatic carbocycles. The number of aryl methyl sites for hydroxylation is 1. The maximum Gasteiger partial charge on any atom is 0.227 e. The Morgan fingerprint density at radius 2 is 2.04 bits per heavy atom. The molecular weight excluding hydrogens is 363 g/mol. The number of likely N-dealkylation sites (N-methyl/N-ethyl adjacent to an activating group) is 1. The van der Waals surface area contributed by atoms with E-state index in [1.807, 2.05) is 4.90 Å². The second-order valence-corrected chi connectivity index (χ2v) is 7.57. The van der Waals surface area contributed by atoms with Gasteiger partial charge >= 0.3 is 0 Å². The number of carbonyl (C=O) groups excluding carboxylic acids is 1. The highest BCUT2D eigenvalue weighted by molar-refractivity contribution is 5.76. The zero-order valence-corrected chi connectivity index (χ0v) is 16.1. The van der Waals surface area contributed by atoms with E-state index in [2.05, 4.69) is 22.1 Å². The molecule has 0 saturated carbocycles. The van der Waals surface area contributed by atoms with Crippen molar-refractivity contribution in [2.24, 2.45) is 0 Å². The van der Waals surface area contributed by atoms with Crippen molar-refractivity contribution in [1.82, 2.24) is 19.9 Å². The van der Waals surface area contributed by atoms with E-state index in [1.54, 1.807) is 18.2 Å². The molecule has 4 rings (SSSR count). The first-order valence-electron chi connectivity index (χ1n) is 9.72. The monoisotopic (exact) mass is 388 g/mol. The third kappa shape index (κ3) is 3.79. The fourth-order valence-corrected chi connectivity index (χ4v) is 4.05. The normalized spacial score (nSPS) is 19.9. The predicted octanol–water partition coefficient (Wildman–Crippen LogP) is 2.13.